The predicted octanol–water partition coefficient (Wildman–Crippen LogP) is 3.53. The lowest BCUT2D eigenvalue weighted by molar-refractivity contribution is 0.357. The van der Waals surface area contributed by atoms with E-state index in [1.807, 2.05) is 24.3 Å². The van der Waals surface area contributed by atoms with E-state index in [1.54, 1.807) is 0 Å². The van der Waals surface area contributed by atoms with Gasteiger partial charge in [-0.25, -0.2) is 0 Å². The first kappa shape index (κ1) is 12.8. The van der Waals surface area contributed by atoms with Crippen LogP contribution < -0.4 is 5.32 Å². The van der Waals surface area contributed by atoms with Gasteiger partial charge in [-0.15, -0.1) is 0 Å². The first-order valence-corrected chi connectivity index (χ1v) is 7.43. The van der Waals surface area contributed by atoms with Crippen LogP contribution in [0.2, 0.25) is 0 Å². The molecule has 1 aromatic carbocycles. The Labute approximate surface area is 120 Å². The molecule has 0 spiro atoms. The van der Waals surface area contributed by atoms with Gasteiger partial charge in [0.1, 0.15) is 0 Å². The molecule has 3 rings (SSSR count). The third kappa shape index (κ3) is 3.04. The molecule has 0 bridgehead atoms. The van der Waals surface area contributed by atoms with E-state index in [0.717, 1.165) is 10.0 Å². The number of nitrogens with one attached hydrogen (secondary N) is 1. The summed E-state index contributed by atoms with van der Waals surface area (Å²) in [5, 5.41) is 7.51. The molecule has 100 valence electrons. The minimum absolute atomic E-state index is 0.610. The van der Waals surface area contributed by atoms with Gasteiger partial charge in [-0.3, -0.25) is 0 Å². The second kappa shape index (κ2) is 5.84. The van der Waals surface area contributed by atoms with Gasteiger partial charge in [-0.1, -0.05) is 46.1 Å². The fraction of sp³-hybridized carbons (Fsp3) is 0.429. The zero-order chi connectivity index (χ0) is 13.1. The summed E-state index contributed by atoms with van der Waals surface area (Å²) in [6.45, 7) is 0.655. The van der Waals surface area contributed by atoms with Gasteiger partial charge in [0.2, 0.25) is 11.7 Å². The lowest BCUT2D eigenvalue weighted by Gasteiger charge is -2.08. The molecule has 0 amide bonds. The molecule has 1 heterocycles. The normalized spacial score (nSPS) is 16.1. The van der Waals surface area contributed by atoms with E-state index in [1.165, 1.54) is 25.7 Å². The summed E-state index contributed by atoms with van der Waals surface area (Å²) >= 11 is 3.50. The van der Waals surface area contributed by atoms with Crippen LogP contribution in [0, 0.1) is 0 Å². The Kier molecular flexibility index (Phi) is 3.94. The summed E-state index contributed by atoms with van der Waals surface area (Å²) < 4.78 is 6.27. The lowest BCUT2D eigenvalue weighted by atomic mass is 10.2. The summed E-state index contributed by atoms with van der Waals surface area (Å²) in [6.07, 6.45) is 5.16. The smallest absolute Gasteiger partial charge is 0.240 e. The molecule has 5 heteroatoms. The van der Waals surface area contributed by atoms with Gasteiger partial charge < -0.3 is 9.84 Å². The SMILES string of the molecule is Brc1ccccc1-c1noc(CNC2CCCC2)n1. The standard InChI is InChI=1S/C14H16BrN3O/c15-12-8-4-3-7-11(12)14-17-13(19-18-14)9-16-10-5-1-2-6-10/h3-4,7-8,10,16H,1-2,5-6,9H2. The molecule has 1 fully saturated rings. The van der Waals surface area contributed by atoms with Gasteiger partial charge in [0.25, 0.3) is 0 Å². The molecule has 19 heavy (non-hydrogen) atoms. The van der Waals surface area contributed by atoms with Crippen LogP contribution in [0.3, 0.4) is 0 Å². The number of nitrogens with zero attached hydrogens (tertiary/aromatic N) is 2. The number of rotatable bonds is 4. The van der Waals surface area contributed by atoms with Crippen molar-refractivity contribution in [2.45, 2.75) is 38.3 Å². The van der Waals surface area contributed by atoms with Gasteiger partial charge in [-0.05, 0) is 25.0 Å². The van der Waals surface area contributed by atoms with E-state index in [9.17, 15) is 0 Å². The molecule has 4 nitrogen and oxygen atoms in total. The molecule has 2 aromatic rings. The Balaban J connectivity index is 1.67. The quantitative estimate of drug-likeness (QED) is 0.935. The fourth-order valence-electron chi connectivity index (χ4n) is 2.44. The number of halogens is 1. The van der Waals surface area contributed by atoms with E-state index in [2.05, 4.69) is 31.4 Å². The van der Waals surface area contributed by atoms with Crippen molar-refractivity contribution in [3.8, 4) is 11.4 Å². The van der Waals surface area contributed by atoms with Gasteiger partial charge in [0, 0.05) is 16.1 Å². The molecule has 1 aliphatic rings. The van der Waals surface area contributed by atoms with Gasteiger partial charge in [-0.2, -0.15) is 4.98 Å². The molecule has 1 aromatic heterocycles. The largest absolute Gasteiger partial charge is 0.338 e. The van der Waals surface area contributed by atoms with Crippen LogP contribution >= 0.6 is 15.9 Å². The second-order valence-corrected chi connectivity index (χ2v) is 5.71. The van der Waals surface area contributed by atoms with Crippen molar-refractivity contribution in [2.24, 2.45) is 0 Å². The molecule has 1 aliphatic carbocycles. The van der Waals surface area contributed by atoms with E-state index in [-0.39, 0.29) is 0 Å². The third-order valence-electron chi connectivity index (χ3n) is 3.48. The van der Waals surface area contributed by atoms with Crippen LogP contribution in [-0.2, 0) is 6.54 Å². The Morgan fingerprint density at radius 2 is 2.05 bits per heavy atom. The molecule has 0 unspecified atom stereocenters. The highest BCUT2D eigenvalue weighted by Crippen LogP contribution is 2.25. The van der Waals surface area contributed by atoms with Crippen molar-refractivity contribution in [3.05, 3.63) is 34.6 Å². The second-order valence-electron chi connectivity index (χ2n) is 4.85. The Morgan fingerprint density at radius 3 is 2.84 bits per heavy atom. The number of benzene rings is 1. The first-order valence-electron chi connectivity index (χ1n) is 6.64. The highest BCUT2D eigenvalue weighted by Gasteiger charge is 2.16. The summed E-state index contributed by atoms with van der Waals surface area (Å²) in [7, 11) is 0. The van der Waals surface area contributed by atoms with Crippen LogP contribution in [0.15, 0.2) is 33.3 Å². The minimum atomic E-state index is 0.610. The van der Waals surface area contributed by atoms with Gasteiger partial charge in [0.15, 0.2) is 0 Å². The lowest BCUT2D eigenvalue weighted by Crippen LogP contribution is -2.25. The van der Waals surface area contributed by atoms with Crippen molar-refractivity contribution < 1.29 is 4.52 Å². The fourth-order valence-corrected chi connectivity index (χ4v) is 2.90. The topological polar surface area (TPSA) is 51.0 Å². The molecular formula is C14H16BrN3O. The summed E-state index contributed by atoms with van der Waals surface area (Å²) in [4.78, 5) is 4.43. The molecule has 0 aliphatic heterocycles. The molecule has 1 saturated carbocycles. The highest BCUT2D eigenvalue weighted by atomic mass is 79.9. The molecule has 1 N–H and O–H groups in total. The first-order chi connectivity index (χ1) is 9.33. The van der Waals surface area contributed by atoms with Crippen LogP contribution in [0.4, 0.5) is 0 Å². The van der Waals surface area contributed by atoms with E-state index in [0.29, 0.717) is 24.3 Å². The van der Waals surface area contributed by atoms with Crippen LogP contribution in [0.25, 0.3) is 11.4 Å². The summed E-state index contributed by atoms with van der Waals surface area (Å²) in [5.74, 6) is 1.29. The van der Waals surface area contributed by atoms with E-state index >= 15 is 0 Å². The average Bonchev–Trinajstić information content (AvgIpc) is 3.08. The Morgan fingerprint density at radius 1 is 1.26 bits per heavy atom. The maximum Gasteiger partial charge on any atom is 0.240 e. The van der Waals surface area contributed by atoms with Crippen molar-refractivity contribution in [1.82, 2.24) is 15.5 Å². The van der Waals surface area contributed by atoms with E-state index in [4.69, 9.17) is 4.52 Å². The maximum atomic E-state index is 5.29. The zero-order valence-corrected chi connectivity index (χ0v) is 12.2. The van der Waals surface area contributed by atoms with Gasteiger partial charge in [0.05, 0.1) is 6.54 Å². The zero-order valence-electron chi connectivity index (χ0n) is 10.6. The molecular weight excluding hydrogens is 306 g/mol. The minimum Gasteiger partial charge on any atom is -0.338 e. The predicted molar refractivity (Wildman–Crippen MR) is 76.5 cm³/mol. The van der Waals surface area contributed by atoms with Crippen molar-refractivity contribution >= 4 is 15.9 Å². The molecule has 0 radical (unpaired) electrons. The average molecular weight is 322 g/mol. The van der Waals surface area contributed by atoms with Crippen LogP contribution in [0.5, 0.6) is 0 Å². The Hall–Kier alpha value is -1.20. The molecule has 0 saturated heterocycles. The molecule has 0 atom stereocenters. The van der Waals surface area contributed by atoms with E-state index < -0.39 is 0 Å². The van der Waals surface area contributed by atoms with Crippen molar-refractivity contribution in [1.29, 1.82) is 0 Å². The van der Waals surface area contributed by atoms with Crippen LogP contribution in [-0.4, -0.2) is 16.2 Å². The monoisotopic (exact) mass is 321 g/mol. The number of hydrogen-bond acceptors (Lipinski definition) is 4. The van der Waals surface area contributed by atoms with Crippen LogP contribution in [0.1, 0.15) is 31.6 Å². The van der Waals surface area contributed by atoms with Crippen molar-refractivity contribution in [2.75, 3.05) is 0 Å². The third-order valence-corrected chi connectivity index (χ3v) is 4.17. The summed E-state index contributed by atoms with van der Waals surface area (Å²) in [6, 6.07) is 8.49. The number of hydrogen-bond donors (Lipinski definition) is 1. The van der Waals surface area contributed by atoms with Gasteiger partial charge >= 0.3 is 0 Å². The highest BCUT2D eigenvalue weighted by molar-refractivity contribution is 9.10. The number of aromatic nitrogens is 2. The summed E-state index contributed by atoms with van der Waals surface area (Å²) in [5.41, 5.74) is 0.957. The van der Waals surface area contributed by atoms with Crippen molar-refractivity contribution in [3.63, 3.8) is 0 Å². The maximum absolute atomic E-state index is 5.29. The Bertz CT molecular complexity index is 549.